The van der Waals surface area contributed by atoms with Gasteiger partial charge in [-0.05, 0) is 67.7 Å². The van der Waals surface area contributed by atoms with Gasteiger partial charge in [0.25, 0.3) is 5.91 Å². The molecule has 32 heavy (non-hydrogen) atoms. The van der Waals surface area contributed by atoms with E-state index >= 15 is 0 Å². The minimum atomic E-state index is -0.269. The molecule has 0 unspecified atom stereocenters. The molecular formula is C26H29ClN4O. The lowest BCUT2D eigenvalue weighted by Crippen LogP contribution is -2.29. The predicted octanol–water partition coefficient (Wildman–Crippen LogP) is 5.99. The smallest absolute Gasteiger partial charge is 0.274 e. The second-order valence-corrected chi connectivity index (χ2v) is 8.62. The van der Waals surface area contributed by atoms with E-state index in [0.29, 0.717) is 16.4 Å². The normalized spacial score (nSPS) is 14.2. The van der Waals surface area contributed by atoms with Gasteiger partial charge in [0, 0.05) is 31.0 Å². The number of carbonyl (C=O) groups excluding carboxylic acids is 1. The van der Waals surface area contributed by atoms with E-state index in [2.05, 4.69) is 27.4 Å². The van der Waals surface area contributed by atoms with Crippen LogP contribution in [0, 0.1) is 6.92 Å². The van der Waals surface area contributed by atoms with Crippen molar-refractivity contribution in [2.45, 2.75) is 32.7 Å². The summed E-state index contributed by atoms with van der Waals surface area (Å²) in [5.41, 5.74) is 6.13. The van der Waals surface area contributed by atoms with Gasteiger partial charge in [-0.25, -0.2) is 0 Å². The summed E-state index contributed by atoms with van der Waals surface area (Å²) in [6.07, 6.45) is 5.63. The van der Waals surface area contributed by atoms with Crippen LogP contribution in [0.5, 0.6) is 0 Å². The maximum Gasteiger partial charge on any atom is 0.274 e. The fourth-order valence-electron chi connectivity index (χ4n) is 4.25. The predicted molar refractivity (Wildman–Crippen MR) is 132 cm³/mol. The topological polar surface area (TPSA) is 57.3 Å². The largest absolute Gasteiger partial charge is 0.388 e. The number of pyridine rings is 1. The van der Waals surface area contributed by atoms with Crippen molar-refractivity contribution in [1.29, 1.82) is 0 Å². The Morgan fingerprint density at radius 1 is 1.00 bits per heavy atom. The van der Waals surface area contributed by atoms with Crippen molar-refractivity contribution in [3.8, 4) is 11.1 Å². The zero-order valence-corrected chi connectivity index (χ0v) is 19.4. The number of nitrogens with one attached hydrogen (secondary N) is 2. The van der Waals surface area contributed by atoms with Crippen LogP contribution in [-0.2, 0) is 6.54 Å². The van der Waals surface area contributed by atoms with Gasteiger partial charge in [-0.1, -0.05) is 48.4 Å². The maximum absolute atomic E-state index is 12.8. The van der Waals surface area contributed by atoms with E-state index in [1.807, 2.05) is 49.5 Å². The molecule has 166 valence electrons. The van der Waals surface area contributed by atoms with Crippen molar-refractivity contribution in [3.05, 3.63) is 76.6 Å². The third kappa shape index (κ3) is 4.95. The Labute approximate surface area is 194 Å². The molecule has 2 heterocycles. The van der Waals surface area contributed by atoms with E-state index in [1.165, 1.54) is 19.3 Å². The van der Waals surface area contributed by atoms with Crippen molar-refractivity contribution < 1.29 is 4.79 Å². The SMILES string of the molecule is CNc1cccc(-c2cccc(NC(=O)c3ccc(CN4CCCCC4)cn3)c2Cl)c1C. The molecule has 1 amide bonds. The first-order chi connectivity index (χ1) is 15.6. The van der Waals surface area contributed by atoms with E-state index in [1.54, 1.807) is 12.3 Å². The van der Waals surface area contributed by atoms with Gasteiger partial charge in [-0.2, -0.15) is 0 Å². The zero-order valence-electron chi connectivity index (χ0n) is 18.6. The summed E-state index contributed by atoms with van der Waals surface area (Å²) in [5.74, 6) is -0.269. The summed E-state index contributed by atoms with van der Waals surface area (Å²) >= 11 is 6.71. The Morgan fingerprint density at radius 3 is 2.41 bits per heavy atom. The van der Waals surface area contributed by atoms with Crippen LogP contribution >= 0.6 is 11.6 Å². The molecule has 0 spiro atoms. The fourth-order valence-corrected chi connectivity index (χ4v) is 4.52. The molecule has 5 nitrogen and oxygen atoms in total. The molecule has 3 aromatic rings. The number of likely N-dealkylation sites (tertiary alicyclic amines) is 1. The first-order valence-corrected chi connectivity index (χ1v) is 11.5. The second-order valence-electron chi connectivity index (χ2n) is 8.24. The standard InChI is InChI=1S/C26H29ClN4O/c1-18-20(8-6-10-22(18)28-2)21-9-7-11-23(25(21)27)30-26(32)24-13-12-19(16-29-24)17-31-14-4-3-5-15-31/h6-13,16,28H,3-5,14-15,17H2,1-2H3,(H,30,32). The number of benzene rings is 2. The van der Waals surface area contributed by atoms with Gasteiger partial charge in [0.15, 0.2) is 0 Å². The Morgan fingerprint density at radius 2 is 1.72 bits per heavy atom. The van der Waals surface area contributed by atoms with E-state index in [-0.39, 0.29) is 5.91 Å². The molecule has 1 fully saturated rings. The van der Waals surface area contributed by atoms with Crippen molar-refractivity contribution in [2.75, 3.05) is 30.8 Å². The lowest BCUT2D eigenvalue weighted by atomic mass is 9.98. The highest BCUT2D eigenvalue weighted by atomic mass is 35.5. The van der Waals surface area contributed by atoms with Gasteiger partial charge in [0.05, 0.1) is 10.7 Å². The van der Waals surface area contributed by atoms with E-state index < -0.39 is 0 Å². The molecule has 2 aromatic carbocycles. The van der Waals surface area contributed by atoms with Crippen molar-refractivity contribution >= 4 is 28.9 Å². The number of rotatable bonds is 6. The van der Waals surface area contributed by atoms with E-state index in [9.17, 15) is 4.79 Å². The zero-order chi connectivity index (χ0) is 22.5. The summed E-state index contributed by atoms with van der Waals surface area (Å²) in [7, 11) is 1.90. The van der Waals surface area contributed by atoms with E-state index in [4.69, 9.17) is 11.6 Å². The van der Waals surface area contributed by atoms with Crippen LogP contribution in [-0.4, -0.2) is 35.9 Å². The first kappa shape index (κ1) is 22.3. The number of anilines is 2. The first-order valence-electron chi connectivity index (χ1n) is 11.1. The number of aromatic nitrogens is 1. The van der Waals surface area contributed by atoms with Crippen molar-refractivity contribution in [1.82, 2.24) is 9.88 Å². The van der Waals surface area contributed by atoms with Crippen LogP contribution in [0.2, 0.25) is 5.02 Å². The molecule has 1 saturated heterocycles. The monoisotopic (exact) mass is 448 g/mol. The molecule has 1 aromatic heterocycles. The second kappa shape index (κ2) is 10.2. The quantitative estimate of drug-likeness (QED) is 0.486. The van der Waals surface area contributed by atoms with Gasteiger partial charge < -0.3 is 10.6 Å². The average Bonchev–Trinajstić information content (AvgIpc) is 2.82. The van der Waals surface area contributed by atoms with Crippen LogP contribution in [0.15, 0.2) is 54.7 Å². The number of nitrogens with zero attached hydrogens (tertiary/aromatic N) is 2. The van der Waals surface area contributed by atoms with Crippen LogP contribution in [0.4, 0.5) is 11.4 Å². The molecular weight excluding hydrogens is 420 g/mol. The van der Waals surface area contributed by atoms with Crippen molar-refractivity contribution in [3.63, 3.8) is 0 Å². The molecule has 2 N–H and O–H groups in total. The molecule has 6 heteroatoms. The van der Waals surface area contributed by atoms with Crippen LogP contribution in [0.3, 0.4) is 0 Å². The molecule has 0 radical (unpaired) electrons. The van der Waals surface area contributed by atoms with Crippen LogP contribution in [0.25, 0.3) is 11.1 Å². The Balaban J connectivity index is 1.49. The molecule has 4 rings (SSSR count). The number of carbonyl (C=O) groups is 1. The summed E-state index contributed by atoms with van der Waals surface area (Å²) < 4.78 is 0. The average molecular weight is 449 g/mol. The highest BCUT2D eigenvalue weighted by molar-refractivity contribution is 6.36. The summed E-state index contributed by atoms with van der Waals surface area (Å²) in [6.45, 7) is 5.20. The summed E-state index contributed by atoms with van der Waals surface area (Å²) in [5, 5.41) is 6.64. The number of halogens is 1. The fraction of sp³-hybridized carbons (Fsp3) is 0.308. The Bertz CT molecular complexity index is 1090. The molecule has 0 bridgehead atoms. The summed E-state index contributed by atoms with van der Waals surface area (Å²) in [6, 6.07) is 15.5. The van der Waals surface area contributed by atoms with Crippen LogP contribution < -0.4 is 10.6 Å². The molecule has 0 aliphatic carbocycles. The third-order valence-electron chi connectivity index (χ3n) is 6.05. The Hall–Kier alpha value is -2.89. The van der Waals surface area contributed by atoms with Gasteiger partial charge in [-0.3, -0.25) is 14.7 Å². The minimum Gasteiger partial charge on any atom is -0.388 e. The van der Waals surface area contributed by atoms with Gasteiger partial charge in [0.1, 0.15) is 5.69 Å². The van der Waals surface area contributed by atoms with Gasteiger partial charge in [-0.15, -0.1) is 0 Å². The molecule has 0 atom stereocenters. The van der Waals surface area contributed by atoms with Crippen molar-refractivity contribution in [2.24, 2.45) is 0 Å². The summed E-state index contributed by atoms with van der Waals surface area (Å²) in [4.78, 5) is 19.7. The minimum absolute atomic E-state index is 0.269. The van der Waals surface area contributed by atoms with Crippen LogP contribution in [0.1, 0.15) is 40.9 Å². The Kier molecular flexibility index (Phi) is 7.08. The number of amides is 1. The third-order valence-corrected chi connectivity index (χ3v) is 6.46. The van der Waals surface area contributed by atoms with Gasteiger partial charge in [0.2, 0.25) is 0 Å². The number of hydrogen-bond donors (Lipinski definition) is 2. The highest BCUT2D eigenvalue weighted by Gasteiger charge is 2.16. The maximum atomic E-state index is 12.8. The van der Waals surface area contributed by atoms with Gasteiger partial charge >= 0.3 is 0 Å². The lowest BCUT2D eigenvalue weighted by molar-refractivity contribution is 0.102. The van der Waals surface area contributed by atoms with E-state index in [0.717, 1.165) is 47.6 Å². The lowest BCUT2D eigenvalue weighted by Gasteiger charge is -2.26. The molecule has 0 saturated carbocycles. The highest BCUT2D eigenvalue weighted by Crippen LogP contribution is 2.37. The molecule has 1 aliphatic rings. The number of hydrogen-bond acceptors (Lipinski definition) is 4. The molecule has 1 aliphatic heterocycles. The number of piperidine rings is 1.